The number of rotatable bonds is 3. The molecular formula is C25H20Cl2N2O. The van der Waals surface area contributed by atoms with E-state index in [1.165, 1.54) is 0 Å². The average molecular weight is 435 g/mol. The molecule has 0 aliphatic rings. The Bertz CT molecular complexity index is 1280. The van der Waals surface area contributed by atoms with Crippen LogP contribution in [0.25, 0.3) is 22.2 Å². The minimum absolute atomic E-state index is 0.201. The number of aromatic nitrogens is 1. The van der Waals surface area contributed by atoms with E-state index in [4.69, 9.17) is 28.2 Å². The Morgan fingerprint density at radius 1 is 0.833 bits per heavy atom. The Balaban J connectivity index is 1.89. The lowest BCUT2D eigenvalue weighted by molar-refractivity contribution is 0.102. The van der Waals surface area contributed by atoms with Gasteiger partial charge in [0.1, 0.15) is 0 Å². The summed E-state index contributed by atoms with van der Waals surface area (Å²) in [6, 6.07) is 18.8. The smallest absolute Gasteiger partial charge is 0.256 e. The van der Waals surface area contributed by atoms with Crippen LogP contribution in [0.2, 0.25) is 10.0 Å². The highest BCUT2D eigenvalue weighted by Crippen LogP contribution is 2.30. The SMILES string of the molecule is Cc1cc(C)c2nc(-c3ccc(Cl)cc3)cc(C(=O)Nc3cc(Cl)ccc3C)c2c1. The van der Waals surface area contributed by atoms with Gasteiger partial charge in [-0.05, 0) is 68.3 Å². The van der Waals surface area contributed by atoms with E-state index >= 15 is 0 Å². The van der Waals surface area contributed by atoms with Gasteiger partial charge in [0.25, 0.3) is 5.91 Å². The van der Waals surface area contributed by atoms with Crippen LogP contribution in [0.15, 0.2) is 60.7 Å². The molecule has 0 spiro atoms. The van der Waals surface area contributed by atoms with Crippen LogP contribution in [-0.4, -0.2) is 10.9 Å². The van der Waals surface area contributed by atoms with Gasteiger partial charge in [-0.3, -0.25) is 4.79 Å². The number of nitrogens with zero attached hydrogens (tertiary/aromatic N) is 1. The van der Waals surface area contributed by atoms with E-state index in [0.29, 0.717) is 21.3 Å². The van der Waals surface area contributed by atoms with Gasteiger partial charge in [0.05, 0.1) is 16.8 Å². The van der Waals surface area contributed by atoms with Crippen molar-refractivity contribution in [3.8, 4) is 11.3 Å². The van der Waals surface area contributed by atoms with Gasteiger partial charge in [0.2, 0.25) is 0 Å². The molecule has 3 aromatic carbocycles. The zero-order valence-electron chi connectivity index (χ0n) is 16.9. The van der Waals surface area contributed by atoms with Crippen molar-refractivity contribution in [2.24, 2.45) is 0 Å². The molecule has 0 saturated carbocycles. The maximum atomic E-state index is 13.3. The highest BCUT2D eigenvalue weighted by molar-refractivity contribution is 6.31. The van der Waals surface area contributed by atoms with Crippen molar-refractivity contribution in [2.45, 2.75) is 20.8 Å². The molecule has 5 heteroatoms. The van der Waals surface area contributed by atoms with Crippen molar-refractivity contribution in [1.29, 1.82) is 0 Å². The van der Waals surface area contributed by atoms with E-state index in [-0.39, 0.29) is 5.91 Å². The Morgan fingerprint density at radius 2 is 1.53 bits per heavy atom. The van der Waals surface area contributed by atoms with Crippen LogP contribution in [0.4, 0.5) is 5.69 Å². The molecule has 3 nitrogen and oxygen atoms in total. The van der Waals surface area contributed by atoms with E-state index in [1.54, 1.807) is 12.1 Å². The number of benzene rings is 3. The van der Waals surface area contributed by atoms with Crippen molar-refractivity contribution in [3.05, 3.63) is 93.0 Å². The van der Waals surface area contributed by atoms with Crippen molar-refractivity contribution >= 4 is 45.7 Å². The highest BCUT2D eigenvalue weighted by Gasteiger charge is 2.17. The fourth-order valence-corrected chi connectivity index (χ4v) is 3.85. The standard InChI is InChI=1S/C25H20Cl2N2O/c1-14-10-16(3)24-20(11-14)21(13-23(28-24)17-5-8-18(26)9-6-17)25(30)29-22-12-19(27)7-4-15(22)2/h4-13H,1-3H3,(H,29,30). The molecule has 1 aromatic heterocycles. The maximum Gasteiger partial charge on any atom is 0.256 e. The predicted octanol–water partition coefficient (Wildman–Crippen LogP) is 7.39. The number of anilines is 1. The number of fused-ring (bicyclic) bond motifs is 1. The number of carbonyl (C=O) groups is 1. The molecule has 0 atom stereocenters. The molecule has 0 aliphatic heterocycles. The molecule has 0 fully saturated rings. The van der Waals surface area contributed by atoms with Gasteiger partial charge in [-0.25, -0.2) is 4.98 Å². The molecule has 0 unspecified atom stereocenters. The van der Waals surface area contributed by atoms with E-state index < -0.39 is 0 Å². The number of carbonyl (C=O) groups excluding carboxylic acids is 1. The first kappa shape index (κ1) is 20.4. The molecular weight excluding hydrogens is 415 g/mol. The van der Waals surface area contributed by atoms with Crippen molar-refractivity contribution in [3.63, 3.8) is 0 Å². The molecule has 1 amide bonds. The number of pyridine rings is 1. The Labute approximate surface area is 185 Å². The minimum atomic E-state index is -0.201. The van der Waals surface area contributed by atoms with Gasteiger partial charge in [0, 0.05) is 26.7 Å². The summed E-state index contributed by atoms with van der Waals surface area (Å²) in [6.07, 6.45) is 0. The number of hydrogen-bond donors (Lipinski definition) is 1. The quantitative estimate of drug-likeness (QED) is 0.365. The number of amides is 1. The lowest BCUT2D eigenvalue weighted by atomic mass is 9.99. The zero-order valence-corrected chi connectivity index (χ0v) is 18.4. The van der Waals surface area contributed by atoms with Crippen LogP contribution in [0.5, 0.6) is 0 Å². The van der Waals surface area contributed by atoms with Crippen LogP contribution >= 0.6 is 23.2 Å². The third-order valence-electron chi connectivity index (χ3n) is 5.08. The molecule has 4 aromatic rings. The summed E-state index contributed by atoms with van der Waals surface area (Å²) in [5, 5.41) is 5.06. The van der Waals surface area contributed by atoms with Crippen molar-refractivity contribution in [1.82, 2.24) is 4.98 Å². The molecule has 150 valence electrons. The second-order valence-electron chi connectivity index (χ2n) is 7.45. The molecule has 0 aliphatic carbocycles. The van der Waals surface area contributed by atoms with Crippen LogP contribution < -0.4 is 5.32 Å². The van der Waals surface area contributed by atoms with Gasteiger partial charge in [-0.15, -0.1) is 0 Å². The highest BCUT2D eigenvalue weighted by atomic mass is 35.5. The Morgan fingerprint density at radius 3 is 2.27 bits per heavy atom. The molecule has 1 N–H and O–H groups in total. The first-order chi connectivity index (χ1) is 14.3. The summed E-state index contributed by atoms with van der Waals surface area (Å²) in [5.74, 6) is -0.201. The summed E-state index contributed by atoms with van der Waals surface area (Å²) in [4.78, 5) is 18.2. The minimum Gasteiger partial charge on any atom is -0.322 e. The van der Waals surface area contributed by atoms with Gasteiger partial charge in [-0.1, -0.05) is 53.0 Å². The fourth-order valence-electron chi connectivity index (χ4n) is 3.56. The normalized spacial score (nSPS) is 11.0. The number of nitrogens with one attached hydrogen (secondary N) is 1. The molecule has 30 heavy (non-hydrogen) atoms. The molecule has 0 bridgehead atoms. The largest absolute Gasteiger partial charge is 0.322 e. The maximum absolute atomic E-state index is 13.3. The summed E-state index contributed by atoms with van der Waals surface area (Å²) >= 11 is 12.2. The van der Waals surface area contributed by atoms with E-state index in [9.17, 15) is 4.79 Å². The molecule has 4 rings (SSSR count). The fraction of sp³-hybridized carbons (Fsp3) is 0.120. The number of aryl methyl sites for hydroxylation is 3. The Hall–Kier alpha value is -2.88. The van der Waals surface area contributed by atoms with Crippen molar-refractivity contribution < 1.29 is 4.79 Å². The van der Waals surface area contributed by atoms with Gasteiger partial charge < -0.3 is 5.32 Å². The molecule has 0 radical (unpaired) electrons. The molecule has 0 saturated heterocycles. The molecule has 1 heterocycles. The van der Waals surface area contributed by atoms with Crippen LogP contribution in [0.1, 0.15) is 27.0 Å². The van der Waals surface area contributed by atoms with Crippen LogP contribution in [-0.2, 0) is 0 Å². The van der Waals surface area contributed by atoms with Gasteiger partial charge >= 0.3 is 0 Å². The third kappa shape index (κ3) is 4.04. The second kappa shape index (κ2) is 8.10. The van der Waals surface area contributed by atoms with E-state index in [1.807, 2.05) is 63.2 Å². The van der Waals surface area contributed by atoms with E-state index in [2.05, 4.69) is 11.4 Å². The topological polar surface area (TPSA) is 42.0 Å². The average Bonchev–Trinajstić information content (AvgIpc) is 2.70. The van der Waals surface area contributed by atoms with E-state index in [0.717, 1.165) is 38.9 Å². The lowest BCUT2D eigenvalue weighted by Crippen LogP contribution is -2.14. The van der Waals surface area contributed by atoms with Crippen LogP contribution in [0, 0.1) is 20.8 Å². The lowest BCUT2D eigenvalue weighted by Gasteiger charge is -2.14. The predicted molar refractivity (Wildman–Crippen MR) is 126 cm³/mol. The number of hydrogen-bond acceptors (Lipinski definition) is 2. The first-order valence-electron chi connectivity index (χ1n) is 9.57. The van der Waals surface area contributed by atoms with Gasteiger partial charge in [-0.2, -0.15) is 0 Å². The third-order valence-corrected chi connectivity index (χ3v) is 5.57. The summed E-state index contributed by atoms with van der Waals surface area (Å²) in [5.41, 5.74) is 6.72. The summed E-state index contributed by atoms with van der Waals surface area (Å²) < 4.78 is 0. The monoisotopic (exact) mass is 434 g/mol. The Kier molecular flexibility index (Phi) is 5.50. The second-order valence-corrected chi connectivity index (χ2v) is 8.33. The number of halogens is 2. The first-order valence-corrected chi connectivity index (χ1v) is 10.3. The van der Waals surface area contributed by atoms with Gasteiger partial charge in [0.15, 0.2) is 0 Å². The summed E-state index contributed by atoms with van der Waals surface area (Å²) in [7, 11) is 0. The van der Waals surface area contributed by atoms with Crippen molar-refractivity contribution in [2.75, 3.05) is 5.32 Å². The van der Waals surface area contributed by atoms with Crippen LogP contribution in [0.3, 0.4) is 0 Å². The summed E-state index contributed by atoms with van der Waals surface area (Å²) in [6.45, 7) is 5.96. The zero-order chi connectivity index (χ0) is 21.4.